The fourth-order valence-corrected chi connectivity index (χ4v) is 1.34. The molecule has 0 radical (unpaired) electrons. The molecule has 2 N–H and O–H groups in total. The number of hydrogen-bond acceptors (Lipinski definition) is 4. The van der Waals surface area contributed by atoms with Crippen LogP contribution in [0, 0.1) is 0 Å². The molecule has 0 bridgehead atoms. The van der Waals surface area contributed by atoms with E-state index >= 15 is 0 Å². The fraction of sp³-hybridized carbons (Fsp3) is 0.500. The van der Waals surface area contributed by atoms with Crippen LogP contribution in [0.25, 0.3) is 0 Å². The van der Waals surface area contributed by atoms with Gasteiger partial charge in [-0.15, -0.1) is 0 Å². The molecule has 88 valence electrons. The molecule has 1 heterocycles. The first-order valence-electron chi connectivity index (χ1n) is 5.57. The fourth-order valence-electron chi connectivity index (χ4n) is 1.34. The number of carbonyl (C=O) groups excluding carboxylic acids is 1. The van der Waals surface area contributed by atoms with Gasteiger partial charge in [0.15, 0.2) is 0 Å². The Morgan fingerprint density at radius 2 is 2.38 bits per heavy atom. The first-order valence-corrected chi connectivity index (χ1v) is 5.57. The summed E-state index contributed by atoms with van der Waals surface area (Å²) in [6, 6.07) is 5.43. The van der Waals surface area contributed by atoms with Crippen molar-refractivity contribution >= 4 is 5.97 Å². The third kappa shape index (κ3) is 3.62. The van der Waals surface area contributed by atoms with Crippen molar-refractivity contribution in [2.75, 3.05) is 13.2 Å². The lowest BCUT2D eigenvalue weighted by Crippen LogP contribution is -2.24. The van der Waals surface area contributed by atoms with Gasteiger partial charge in [-0.3, -0.25) is 9.78 Å². The number of rotatable bonds is 6. The Morgan fingerprint density at radius 1 is 1.56 bits per heavy atom. The number of carbonyl (C=O) groups is 1. The second-order valence-corrected chi connectivity index (χ2v) is 3.56. The van der Waals surface area contributed by atoms with Crippen molar-refractivity contribution in [1.29, 1.82) is 0 Å². The van der Waals surface area contributed by atoms with Crippen molar-refractivity contribution in [2.45, 2.75) is 25.7 Å². The van der Waals surface area contributed by atoms with Gasteiger partial charge >= 0.3 is 5.97 Å². The van der Waals surface area contributed by atoms with Gasteiger partial charge in [0.05, 0.1) is 12.3 Å². The van der Waals surface area contributed by atoms with Crippen molar-refractivity contribution in [3.05, 3.63) is 30.1 Å². The van der Waals surface area contributed by atoms with Gasteiger partial charge in [0.2, 0.25) is 0 Å². The predicted molar refractivity (Wildman–Crippen MR) is 61.9 cm³/mol. The van der Waals surface area contributed by atoms with Gasteiger partial charge in [-0.1, -0.05) is 19.4 Å². The summed E-state index contributed by atoms with van der Waals surface area (Å²) < 4.78 is 5.13. The minimum atomic E-state index is -0.446. The van der Waals surface area contributed by atoms with Crippen molar-refractivity contribution < 1.29 is 9.53 Å². The Hall–Kier alpha value is -1.42. The molecule has 1 atom stereocenters. The third-order valence-electron chi connectivity index (χ3n) is 2.31. The Balaban J connectivity index is 2.57. The Labute approximate surface area is 95.8 Å². The van der Waals surface area contributed by atoms with E-state index in [9.17, 15) is 4.79 Å². The van der Waals surface area contributed by atoms with Crippen LogP contribution >= 0.6 is 0 Å². The minimum absolute atomic E-state index is 0.224. The van der Waals surface area contributed by atoms with Crippen LogP contribution < -0.4 is 5.73 Å². The molecule has 0 aliphatic carbocycles. The van der Waals surface area contributed by atoms with E-state index in [1.165, 1.54) is 0 Å². The van der Waals surface area contributed by atoms with E-state index in [-0.39, 0.29) is 12.5 Å². The van der Waals surface area contributed by atoms with Crippen LogP contribution in [0.2, 0.25) is 0 Å². The summed E-state index contributed by atoms with van der Waals surface area (Å²) in [6.45, 7) is 2.73. The summed E-state index contributed by atoms with van der Waals surface area (Å²) in [5.41, 5.74) is 6.24. The monoisotopic (exact) mass is 222 g/mol. The summed E-state index contributed by atoms with van der Waals surface area (Å²) in [4.78, 5) is 15.8. The number of nitrogens with zero attached hydrogens (tertiary/aromatic N) is 1. The SMILES string of the molecule is CCCCOC(=O)C(CN)c1ccccn1. The molecule has 0 saturated carbocycles. The molecular formula is C12H18N2O2. The van der Waals surface area contributed by atoms with Gasteiger partial charge in [-0.05, 0) is 18.6 Å². The highest BCUT2D eigenvalue weighted by atomic mass is 16.5. The van der Waals surface area contributed by atoms with Crippen molar-refractivity contribution in [1.82, 2.24) is 4.98 Å². The molecule has 1 aromatic heterocycles. The van der Waals surface area contributed by atoms with Crippen molar-refractivity contribution in [3.8, 4) is 0 Å². The molecule has 0 spiro atoms. The van der Waals surface area contributed by atoms with Crippen molar-refractivity contribution in [3.63, 3.8) is 0 Å². The van der Waals surface area contributed by atoms with Gasteiger partial charge in [0.1, 0.15) is 5.92 Å². The quantitative estimate of drug-likeness (QED) is 0.584. The maximum Gasteiger partial charge on any atom is 0.316 e. The summed E-state index contributed by atoms with van der Waals surface area (Å²) in [6.07, 6.45) is 3.53. The van der Waals surface area contributed by atoms with Gasteiger partial charge in [-0.2, -0.15) is 0 Å². The molecule has 0 aromatic carbocycles. The van der Waals surface area contributed by atoms with Crippen LogP contribution in [-0.2, 0) is 9.53 Å². The van der Waals surface area contributed by atoms with Gasteiger partial charge < -0.3 is 10.5 Å². The number of hydrogen-bond donors (Lipinski definition) is 1. The molecule has 4 nitrogen and oxygen atoms in total. The van der Waals surface area contributed by atoms with Gasteiger partial charge in [0, 0.05) is 12.7 Å². The topological polar surface area (TPSA) is 65.2 Å². The van der Waals surface area contributed by atoms with Gasteiger partial charge in [0.25, 0.3) is 0 Å². The average molecular weight is 222 g/mol. The minimum Gasteiger partial charge on any atom is -0.465 e. The summed E-state index contributed by atoms with van der Waals surface area (Å²) >= 11 is 0. The second-order valence-electron chi connectivity index (χ2n) is 3.56. The van der Waals surface area contributed by atoms with E-state index in [1.807, 2.05) is 13.0 Å². The first-order chi connectivity index (χ1) is 7.79. The maximum atomic E-state index is 11.7. The predicted octanol–water partition coefficient (Wildman–Crippen LogP) is 1.47. The highest BCUT2D eigenvalue weighted by Gasteiger charge is 2.21. The highest BCUT2D eigenvalue weighted by molar-refractivity contribution is 5.77. The first kappa shape index (κ1) is 12.6. The summed E-state index contributed by atoms with van der Waals surface area (Å²) in [5.74, 6) is -0.729. The summed E-state index contributed by atoms with van der Waals surface area (Å²) in [7, 11) is 0. The van der Waals surface area contributed by atoms with Crippen LogP contribution in [0.1, 0.15) is 31.4 Å². The molecule has 0 aliphatic rings. The normalized spacial score (nSPS) is 12.1. The molecule has 1 rings (SSSR count). The molecule has 0 amide bonds. The number of pyridine rings is 1. The zero-order chi connectivity index (χ0) is 11.8. The number of unbranched alkanes of at least 4 members (excludes halogenated alkanes) is 1. The van der Waals surface area contributed by atoms with Crippen LogP contribution in [0.3, 0.4) is 0 Å². The lowest BCUT2D eigenvalue weighted by molar-refractivity contribution is -0.145. The highest BCUT2D eigenvalue weighted by Crippen LogP contribution is 2.13. The zero-order valence-electron chi connectivity index (χ0n) is 9.56. The Bertz CT molecular complexity index is 314. The molecule has 0 fully saturated rings. The van der Waals surface area contributed by atoms with Crippen LogP contribution in [0.15, 0.2) is 24.4 Å². The standard InChI is InChI=1S/C12H18N2O2/c1-2-3-8-16-12(15)10(9-13)11-6-4-5-7-14-11/h4-7,10H,2-3,8-9,13H2,1H3. The number of nitrogens with two attached hydrogens (primary N) is 1. The van der Waals surface area contributed by atoms with E-state index in [1.54, 1.807) is 18.3 Å². The van der Waals surface area contributed by atoms with Crippen LogP contribution in [-0.4, -0.2) is 24.1 Å². The largest absolute Gasteiger partial charge is 0.465 e. The smallest absolute Gasteiger partial charge is 0.316 e. The Morgan fingerprint density at radius 3 is 2.94 bits per heavy atom. The molecule has 1 unspecified atom stereocenters. The van der Waals surface area contributed by atoms with E-state index in [0.29, 0.717) is 12.3 Å². The lowest BCUT2D eigenvalue weighted by atomic mass is 10.1. The number of esters is 1. The van der Waals surface area contributed by atoms with E-state index in [4.69, 9.17) is 10.5 Å². The van der Waals surface area contributed by atoms with Crippen LogP contribution in [0.5, 0.6) is 0 Å². The third-order valence-corrected chi connectivity index (χ3v) is 2.31. The number of ether oxygens (including phenoxy) is 1. The maximum absolute atomic E-state index is 11.7. The van der Waals surface area contributed by atoms with Gasteiger partial charge in [-0.25, -0.2) is 0 Å². The van der Waals surface area contributed by atoms with E-state index in [2.05, 4.69) is 4.98 Å². The second kappa shape index (κ2) is 6.95. The molecule has 16 heavy (non-hydrogen) atoms. The van der Waals surface area contributed by atoms with Crippen LogP contribution in [0.4, 0.5) is 0 Å². The van der Waals surface area contributed by atoms with E-state index < -0.39 is 5.92 Å². The molecule has 0 aliphatic heterocycles. The zero-order valence-corrected chi connectivity index (χ0v) is 9.56. The molecular weight excluding hydrogens is 204 g/mol. The molecule has 0 saturated heterocycles. The number of aromatic nitrogens is 1. The molecule has 1 aromatic rings. The van der Waals surface area contributed by atoms with E-state index in [0.717, 1.165) is 12.8 Å². The molecule has 4 heteroatoms. The average Bonchev–Trinajstić information content (AvgIpc) is 2.32. The summed E-state index contributed by atoms with van der Waals surface area (Å²) in [5, 5.41) is 0. The lowest BCUT2D eigenvalue weighted by Gasteiger charge is -2.13. The van der Waals surface area contributed by atoms with Crippen molar-refractivity contribution in [2.24, 2.45) is 5.73 Å². The Kier molecular flexibility index (Phi) is 5.50.